The summed E-state index contributed by atoms with van der Waals surface area (Å²) in [4.78, 5) is 14.4. The fourth-order valence-corrected chi connectivity index (χ4v) is 2.54. The first kappa shape index (κ1) is 14.0. The van der Waals surface area contributed by atoms with Crippen molar-refractivity contribution in [3.05, 3.63) is 29.3 Å². The lowest BCUT2D eigenvalue weighted by Gasteiger charge is -2.46. The minimum Gasteiger partial charge on any atom is -0.394 e. The Kier molecular flexibility index (Phi) is 3.65. The largest absolute Gasteiger partial charge is 0.394 e. The van der Waals surface area contributed by atoms with Crippen molar-refractivity contribution < 1.29 is 9.90 Å². The second-order valence-corrected chi connectivity index (χ2v) is 5.89. The van der Waals surface area contributed by atoms with Crippen molar-refractivity contribution in [2.24, 2.45) is 0 Å². The van der Waals surface area contributed by atoms with E-state index < -0.39 is 6.04 Å². The highest BCUT2D eigenvalue weighted by Gasteiger charge is 2.41. The molecule has 1 aromatic rings. The van der Waals surface area contributed by atoms with E-state index in [4.69, 9.17) is 0 Å². The van der Waals surface area contributed by atoms with Crippen LogP contribution in [0.2, 0.25) is 0 Å². The number of benzene rings is 1. The summed E-state index contributed by atoms with van der Waals surface area (Å²) in [5.41, 5.74) is 2.84. The van der Waals surface area contributed by atoms with Gasteiger partial charge in [0, 0.05) is 12.2 Å². The number of hydrogen-bond acceptors (Lipinski definition) is 3. The number of aliphatic hydroxyl groups excluding tert-OH is 1. The van der Waals surface area contributed by atoms with Crippen molar-refractivity contribution in [1.82, 2.24) is 5.32 Å². The molecule has 1 heterocycles. The first-order valence-electron chi connectivity index (χ1n) is 6.62. The van der Waals surface area contributed by atoms with Crippen molar-refractivity contribution in [3.8, 4) is 0 Å². The standard InChI is InChI=1S/C15H22N2O2/c1-10-5-6-11(2)13(7-10)17-14(19)12(8-18)16-9-15(17,3)4/h5-7,12,16,18H,8-9H2,1-4H3. The molecule has 0 aromatic heterocycles. The molecule has 1 aliphatic heterocycles. The van der Waals surface area contributed by atoms with E-state index in [9.17, 15) is 9.90 Å². The molecule has 1 fully saturated rings. The Morgan fingerprint density at radius 2 is 2.11 bits per heavy atom. The Morgan fingerprint density at radius 3 is 2.74 bits per heavy atom. The van der Waals surface area contributed by atoms with Crippen LogP contribution in [0.25, 0.3) is 0 Å². The summed E-state index contributed by atoms with van der Waals surface area (Å²) in [6, 6.07) is 5.61. The smallest absolute Gasteiger partial charge is 0.247 e. The van der Waals surface area contributed by atoms with Crippen LogP contribution >= 0.6 is 0 Å². The number of nitrogens with zero attached hydrogens (tertiary/aromatic N) is 1. The van der Waals surface area contributed by atoms with Crippen molar-refractivity contribution in [3.63, 3.8) is 0 Å². The normalized spacial score (nSPS) is 22.7. The van der Waals surface area contributed by atoms with Crippen LogP contribution in [0, 0.1) is 13.8 Å². The van der Waals surface area contributed by atoms with Gasteiger partial charge in [0.25, 0.3) is 0 Å². The Labute approximate surface area is 114 Å². The third-order valence-electron chi connectivity index (χ3n) is 3.69. The maximum Gasteiger partial charge on any atom is 0.247 e. The summed E-state index contributed by atoms with van der Waals surface area (Å²) in [6.07, 6.45) is 0. The minimum absolute atomic E-state index is 0.0625. The fraction of sp³-hybridized carbons (Fsp3) is 0.533. The van der Waals surface area contributed by atoms with E-state index in [1.54, 1.807) is 0 Å². The first-order chi connectivity index (χ1) is 8.86. The number of carbonyl (C=O) groups is 1. The van der Waals surface area contributed by atoms with Gasteiger partial charge in [-0.1, -0.05) is 12.1 Å². The predicted molar refractivity (Wildman–Crippen MR) is 76.4 cm³/mol. The third kappa shape index (κ3) is 2.51. The van der Waals surface area contributed by atoms with Gasteiger partial charge < -0.3 is 15.3 Å². The molecule has 0 spiro atoms. The average Bonchev–Trinajstić information content (AvgIpc) is 2.33. The molecular weight excluding hydrogens is 240 g/mol. The van der Waals surface area contributed by atoms with Gasteiger partial charge in [-0.25, -0.2) is 0 Å². The minimum atomic E-state index is -0.507. The maximum absolute atomic E-state index is 12.5. The lowest BCUT2D eigenvalue weighted by atomic mass is 9.94. The van der Waals surface area contributed by atoms with Crippen LogP contribution < -0.4 is 10.2 Å². The molecule has 1 atom stereocenters. The third-order valence-corrected chi connectivity index (χ3v) is 3.69. The summed E-state index contributed by atoms with van der Waals surface area (Å²) in [7, 11) is 0. The van der Waals surface area contributed by atoms with E-state index in [2.05, 4.69) is 5.32 Å². The van der Waals surface area contributed by atoms with Gasteiger partial charge in [-0.15, -0.1) is 0 Å². The Hall–Kier alpha value is -1.39. The molecule has 2 N–H and O–H groups in total. The van der Waals surface area contributed by atoms with Crippen LogP contribution in [0.4, 0.5) is 5.69 Å². The highest BCUT2D eigenvalue weighted by atomic mass is 16.3. The number of anilines is 1. The molecule has 1 aliphatic rings. The quantitative estimate of drug-likeness (QED) is 0.846. The zero-order chi connectivity index (χ0) is 14.2. The van der Waals surface area contributed by atoms with Gasteiger partial charge in [-0.3, -0.25) is 4.79 Å². The summed E-state index contributed by atoms with van der Waals surface area (Å²) in [6.45, 7) is 8.59. The van der Waals surface area contributed by atoms with Crippen molar-refractivity contribution in [2.75, 3.05) is 18.1 Å². The molecular formula is C15H22N2O2. The summed E-state index contributed by atoms with van der Waals surface area (Å²) < 4.78 is 0. The van der Waals surface area contributed by atoms with Crippen molar-refractivity contribution in [1.29, 1.82) is 0 Å². The molecule has 0 bridgehead atoms. The lowest BCUT2D eigenvalue weighted by molar-refractivity contribution is -0.124. The first-order valence-corrected chi connectivity index (χ1v) is 6.62. The van der Waals surface area contributed by atoms with Crippen molar-refractivity contribution >= 4 is 11.6 Å². The molecule has 104 valence electrons. The summed E-state index contributed by atoms with van der Waals surface area (Å²) in [5.74, 6) is -0.0625. The van der Waals surface area contributed by atoms with Gasteiger partial charge in [-0.05, 0) is 44.9 Å². The van der Waals surface area contributed by atoms with E-state index in [-0.39, 0.29) is 18.1 Å². The second kappa shape index (κ2) is 4.94. The number of amides is 1. The molecule has 0 aliphatic carbocycles. The molecule has 0 saturated carbocycles. The van der Waals surface area contributed by atoms with Crippen LogP contribution in [0.15, 0.2) is 18.2 Å². The molecule has 1 aromatic carbocycles. The van der Waals surface area contributed by atoms with E-state index >= 15 is 0 Å². The number of aliphatic hydroxyl groups is 1. The van der Waals surface area contributed by atoms with E-state index in [1.807, 2.05) is 50.8 Å². The van der Waals surface area contributed by atoms with Crippen LogP contribution in [0.5, 0.6) is 0 Å². The maximum atomic E-state index is 12.5. The highest BCUT2D eigenvalue weighted by molar-refractivity contribution is 6.00. The number of piperazine rings is 1. The predicted octanol–water partition coefficient (Wildman–Crippen LogP) is 1.38. The molecule has 1 amide bonds. The Morgan fingerprint density at radius 1 is 1.42 bits per heavy atom. The molecule has 4 nitrogen and oxygen atoms in total. The topological polar surface area (TPSA) is 52.6 Å². The van der Waals surface area contributed by atoms with E-state index in [0.717, 1.165) is 16.8 Å². The zero-order valence-electron chi connectivity index (χ0n) is 12.0. The Balaban J connectivity index is 2.49. The van der Waals surface area contributed by atoms with E-state index in [1.165, 1.54) is 0 Å². The lowest BCUT2D eigenvalue weighted by Crippen LogP contribution is -2.66. The number of rotatable bonds is 2. The monoisotopic (exact) mass is 262 g/mol. The van der Waals surface area contributed by atoms with Crippen LogP contribution in [0.3, 0.4) is 0 Å². The molecule has 0 radical (unpaired) electrons. The zero-order valence-corrected chi connectivity index (χ0v) is 12.0. The van der Waals surface area contributed by atoms with Gasteiger partial charge in [-0.2, -0.15) is 0 Å². The Bertz CT molecular complexity index is 497. The molecule has 1 unspecified atom stereocenters. The van der Waals surface area contributed by atoms with Gasteiger partial charge in [0.15, 0.2) is 0 Å². The number of carbonyl (C=O) groups excluding carboxylic acids is 1. The summed E-state index contributed by atoms with van der Waals surface area (Å²) in [5, 5.41) is 12.4. The van der Waals surface area contributed by atoms with Gasteiger partial charge in [0.2, 0.25) is 5.91 Å². The summed E-state index contributed by atoms with van der Waals surface area (Å²) >= 11 is 0. The van der Waals surface area contributed by atoms with E-state index in [0.29, 0.717) is 6.54 Å². The number of aryl methyl sites for hydroxylation is 2. The second-order valence-electron chi connectivity index (χ2n) is 5.89. The SMILES string of the molecule is Cc1ccc(C)c(N2C(=O)C(CO)NCC2(C)C)c1. The molecule has 2 rings (SSSR count). The molecule has 4 heteroatoms. The fourth-order valence-electron chi connectivity index (χ4n) is 2.54. The van der Waals surface area contributed by atoms with Crippen molar-refractivity contribution in [2.45, 2.75) is 39.3 Å². The van der Waals surface area contributed by atoms with Crippen LogP contribution in [-0.4, -0.2) is 35.7 Å². The number of hydrogen-bond donors (Lipinski definition) is 2. The highest BCUT2D eigenvalue weighted by Crippen LogP contribution is 2.31. The van der Waals surface area contributed by atoms with Gasteiger partial charge in [0.1, 0.15) is 6.04 Å². The average molecular weight is 262 g/mol. The van der Waals surface area contributed by atoms with Crippen LogP contribution in [0.1, 0.15) is 25.0 Å². The van der Waals surface area contributed by atoms with Gasteiger partial charge >= 0.3 is 0 Å². The molecule has 19 heavy (non-hydrogen) atoms. The molecule has 1 saturated heterocycles. The number of nitrogens with one attached hydrogen (secondary N) is 1. The van der Waals surface area contributed by atoms with Gasteiger partial charge in [0.05, 0.1) is 12.1 Å². The van der Waals surface area contributed by atoms with Crippen LogP contribution in [-0.2, 0) is 4.79 Å².